The Morgan fingerprint density at radius 3 is 2.10 bits per heavy atom. The third kappa shape index (κ3) is 2.32. The molecule has 0 aromatic heterocycles. The highest BCUT2D eigenvalue weighted by Crippen LogP contribution is 2.61. The summed E-state index contributed by atoms with van der Waals surface area (Å²) in [5, 5.41) is 13.0. The van der Waals surface area contributed by atoms with Crippen molar-refractivity contribution in [2.24, 2.45) is 23.7 Å². The zero-order chi connectivity index (χ0) is 20.0. The predicted molar refractivity (Wildman–Crippen MR) is 117 cm³/mol. The quantitative estimate of drug-likeness (QED) is 0.636. The summed E-state index contributed by atoms with van der Waals surface area (Å²) in [7, 11) is 0. The summed E-state index contributed by atoms with van der Waals surface area (Å²) in [5.74, 6) is 2.16. The summed E-state index contributed by atoms with van der Waals surface area (Å²) in [5.41, 5.74) is 3.02. The minimum atomic E-state index is -0.700. The number of carboxylic acid groups (broad SMARTS) is 1. The van der Waals surface area contributed by atoms with Gasteiger partial charge in [-0.2, -0.15) is 0 Å². The molecule has 0 aliphatic heterocycles. The first kappa shape index (κ1) is 18.0. The summed E-state index contributed by atoms with van der Waals surface area (Å²) < 4.78 is 0. The molecule has 2 nitrogen and oxygen atoms in total. The molecule has 0 heterocycles. The molecule has 0 saturated heterocycles. The van der Waals surface area contributed by atoms with Gasteiger partial charge < -0.3 is 5.11 Å². The van der Waals surface area contributed by atoms with Gasteiger partial charge in [0.05, 0.1) is 5.56 Å². The van der Waals surface area contributed by atoms with Crippen molar-refractivity contribution in [2.75, 3.05) is 0 Å². The molecule has 4 aliphatic rings. The molecule has 2 aromatic rings. The minimum absolute atomic E-state index is 0.000231. The van der Waals surface area contributed by atoms with Gasteiger partial charge in [-0.1, -0.05) is 51.0 Å². The molecule has 2 aromatic carbocycles. The van der Waals surface area contributed by atoms with E-state index in [9.17, 15) is 9.90 Å². The SMILES string of the molecule is CC1(c2cc3ccccc3c(C3(C)CC4CCC3C4)c2C(=O)O)CC2CCC1C2. The largest absolute Gasteiger partial charge is 0.478 e. The molecule has 4 saturated carbocycles. The first-order valence-electron chi connectivity index (χ1n) is 11.7. The van der Waals surface area contributed by atoms with Crippen LogP contribution in [0.1, 0.15) is 86.7 Å². The second-order valence-corrected chi connectivity index (χ2v) is 11.2. The van der Waals surface area contributed by atoms with Gasteiger partial charge in [-0.3, -0.25) is 0 Å². The van der Waals surface area contributed by atoms with Crippen molar-refractivity contribution in [3.63, 3.8) is 0 Å². The van der Waals surface area contributed by atoms with Crippen molar-refractivity contribution in [3.05, 3.63) is 47.0 Å². The topological polar surface area (TPSA) is 37.3 Å². The van der Waals surface area contributed by atoms with Gasteiger partial charge in [0, 0.05) is 0 Å². The van der Waals surface area contributed by atoms with E-state index in [1.165, 1.54) is 61.3 Å². The number of hydrogen-bond donors (Lipinski definition) is 1. The summed E-state index contributed by atoms with van der Waals surface area (Å²) in [6.45, 7) is 4.76. The smallest absolute Gasteiger partial charge is 0.336 e. The minimum Gasteiger partial charge on any atom is -0.478 e. The van der Waals surface area contributed by atoms with Crippen LogP contribution in [0.2, 0.25) is 0 Å². The highest BCUT2D eigenvalue weighted by Gasteiger charge is 2.54. The normalized spacial score (nSPS) is 40.2. The molecule has 6 unspecified atom stereocenters. The lowest BCUT2D eigenvalue weighted by Crippen LogP contribution is -2.36. The van der Waals surface area contributed by atoms with Crippen molar-refractivity contribution in [1.29, 1.82) is 0 Å². The van der Waals surface area contributed by atoms with E-state index in [-0.39, 0.29) is 10.8 Å². The maximum absolute atomic E-state index is 12.9. The molecule has 0 spiro atoms. The third-order valence-electron chi connectivity index (χ3n) is 9.76. The van der Waals surface area contributed by atoms with Gasteiger partial charge in [0.25, 0.3) is 0 Å². The molecule has 29 heavy (non-hydrogen) atoms. The summed E-state index contributed by atoms with van der Waals surface area (Å²) in [6, 6.07) is 10.9. The Labute approximate surface area is 173 Å². The fraction of sp³-hybridized carbons (Fsp3) is 0.593. The number of carboxylic acids is 1. The number of rotatable bonds is 3. The zero-order valence-corrected chi connectivity index (χ0v) is 17.7. The lowest BCUT2D eigenvalue weighted by Gasteiger charge is -2.41. The number of fused-ring (bicyclic) bond motifs is 5. The second-order valence-electron chi connectivity index (χ2n) is 11.2. The Morgan fingerprint density at radius 1 is 0.931 bits per heavy atom. The van der Waals surface area contributed by atoms with Crippen LogP contribution in [0.3, 0.4) is 0 Å². The molecule has 4 aliphatic carbocycles. The number of hydrogen-bond acceptors (Lipinski definition) is 1. The Kier molecular flexibility index (Phi) is 3.64. The van der Waals surface area contributed by atoms with Crippen LogP contribution in [-0.4, -0.2) is 11.1 Å². The van der Waals surface area contributed by atoms with Gasteiger partial charge in [-0.25, -0.2) is 4.79 Å². The van der Waals surface area contributed by atoms with E-state index in [0.717, 1.165) is 23.8 Å². The monoisotopic (exact) mass is 388 g/mol. The molecular weight excluding hydrogens is 356 g/mol. The Bertz CT molecular complexity index is 1020. The Hall–Kier alpha value is -1.83. The molecule has 1 N–H and O–H groups in total. The summed E-state index contributed by atoms with van der Waals surface area (Å²) in [6.07, 6.45) is 10.1. The van der Waals surface area contributed by atoms with Crippen LogP contribution in [0.5, 0.6) is 0 Å². The summed E-state index contributed by atoms with van der Waals surface area (Å²) >= 11 is 0. The Balaban J connectivity index is 1.66. The van der Waals surface area contributed by atoms with Crippen LogP contribution in [0.25, 0.3) is 10.8 Å². The van der Waals surface area contributed by atoms with Gasteiger partial charge in [-0.15, -0.1) is 0 Å². The molecule has 0 radical (unpaired) electrons. The molecule has 4 fully saturated rings. The van der Waals surface area contributed by atoms with Crippen molar-refractivity contribution in [3.8, 4) is 0 Å². The van der Waals surface area contributed by atoms with E-state index in [4.69, 9.17) is 0 Å². The molecule has 6 atom stereocenters. The fourth-order valence-corrected chi connectivity index (χ4v) is 8.46. The van der Waals surface area contributed by atoms with Crippen molar-refractivity contribution in [1.82, 2.24) is 0 Å². The van der Waals surface area contributed by atoms with Crippen LogP contribution in [0, 0.1) is 23.7 Å². The average molecular weight is 389 g/mol. The maximum atomic E-state index is 12.9. The standard InChI is InChI=1S/C27H32O2/c1-26(14-16-7-9-19(26)11-16)22-13-18-5-3-4-6-21(18)24(23(22)25(28)29)27(2)15-17-8-10-20(27)12-17/h3-6,13,16-17,19-20H,7-12,14-15H2,1-2H3,(H,28,29). The summed E-state index contributed by atoms with van der Waals surface area (Å²) in [4.78, 5) is 12.9. The molecule has 152 valence electrons. The fourth-order valence-electron chi connectivity index (χ4n) is 8.46. The first-order valence-corrected chi connectivity index (χ1v) is 11.7. The lowest BCUT2D eigenvalue weighted by atomic mass is 9.62. The zero-order valence-electron chi connectivity index (χ0n) is 17.7. The first-order chi connectivity index (χ1) is 13.9. The third-order valence-corrected chi connectivity index (χ3v) is 9.76. The maximum Gasteiger partial charge on any atom is 0.336 e. The van der Waals surface area contributed by atoms with E-state index >= 15 is 0 Å². The van der Waals surface area contributed by atoms with E-state index in [1.54, 1.807) is 0 Å². The van der Waals surface area contributed by atoms with Gasteiger partial charge in [0.1, 0.15) is 0 Å². The van der Waals surface area contributed by atoms with Gasteiger partial charge in [0.15, 0.2) is 0 Å². The molecule has 6 rings (SSSR count). The molecular formula is C27H32O2. The van der Waals surface area contributed by atoms with E-state index in [1.807, 2.05) is 0 Å². The van der Waals surface area contributed by atoms with Gasteiger partial charge in [0.2, 0.25) is 0 Å². The van der Waals surface area contributed by atoms with E-state index < -0.39 is 5.97 Å². The van der Waals surface area contributed by atoms with E-state index in [2.05, 4.69) is 44.2 Å². The second kappa shape index (κ2) is 5.86. The van der Waals surface area contributed by atoms with Crippen LogP contribution in [-0.2, 0) is 10.8 Å². The van der Waals surface area contributed by atoms with Crippen LogP contribution >= 0.6 is 0 Å². The van der Waals surface area contributed by atoms with Crippen molar-refractivity contribution in [2.45, 2.75) is 76.0 Å². The Morgan fingerprint density at radius 2 is 1.55 bits per heavy atom. The number of aromatic carboxylic acids is 1. The highest BCUT2D eigenvalue weighted by molar-refractivity contribution is 6.01. The molecule has 4 bridgehead atoms. The van der Waals surface area contributed by atoms with E-state index in [0.29, 0.717) is 17.4 Å². The van der Waals surface area contributed by atoms with Crippen LogP contribution in [0.15, 0.2) is 30.3 Å². The van der Waals surface area contributed by atoms with Crippen molar-refractivity contribution < 1.29 is 9.90 Å². The van der Waals surface area contributed by atoms with Gasteiger partial charge in [-0.05, 0) is 101 Å². The van der Waals surface area contributed by atoms with Crippen LogP contribution in [0.4, 0.5) is 0 Å². The molecule has 2 heteroatoms. The number of carbonyl (C=O) groups is 1. The highest BCUT2D eigenvalue weighted by atomic mass is 16.4. The average Bonchev–Trinajstić information content (AvgIpc) is 3.47. The van der Waals surface area contributed by atoms with Crippen LogP contribution < -0.4 is 0 Å². The molecule has 0 amide bonds. The predicted octanol–water partition coefficient (Wildman–Crippen LogP) is 6.69. The number of benzene rings is 2. The lowest BCUT2D eigenvalue weighted by molar-refractivity contribution is 0.0688. The van der Waals surface area contributed by atoms with Crippen molar-refractivity contribution >= 4 is 16.7 Å². The van der Waals surface area contributed by atoms with Gasteiger partial charge >= 0.3 is 5.97 Å².